The zero-order valence-electron chi connectivity index (χ0n) is 11.7. The van der Waals surface area contributed by atoms with Gasteiger partial charge in [-0.05, 0) is 26.0 Å². The molecule has 2 rings (SSSR count). The molecule has 0 bridgehead atoms. The van der Waals surface area contributed by atoms with Gasteiger partial charge in [-0.25, -0.2) is 0 Å². The molecule has 0 unspecified atom stereocenters. The van der Waals surface area contributed by atoms with Gasteiger partial charge in [0.15, 0.2) is 0 Å². The summed E-state index contributed by atoms with van der Waals surface area (Å²) in [4.78, 5) is 12.0. The summed E-state index contributed by atoms with van der Waals surface area (Å²) >= 11 is 0. The fourth-order valence-corrected chi connectivity index (χ4v) is 1.99. The third-order valence-corrected chi connectivity index (χ3v) is 2.91. The molecule has 6 heteroatoms. The van der Waals surface area contributed by atoms with Crippen molar-refractivity contribution in [1.29, 1.82) is 0 Å². The Labute approximate surface area is 120 Å². The Morgan fingerprint density at radius 2 is 2.05 bits per heavy atom. The number of furan rings is 1. The molecule has 2 aromatic rings. The van der Waals surface area contributed by atoms with Crippen molar-refractivity contribution in [2.24, 2.45) is 0 Å². The summed E-state index contributed by atoms with van der Waals surface area (Å²) in [6, 6.07) is 7.96. The molecule has 0 saturated heterocycles. The summed E-state index contributed by atoms with van der Waals surface area (Å²) < 4.78 is 34.3. The van der Waals surface area contributed by atoms with E-state index in [-0.39, 0.29) is 18.2 Å². The van der Waals surface area contributed by atoms with Crippen molar-refractivity contribution < 1.29 is 22.7 Å². The third-order valence-electron chi connectivity index (χ3n) is 2.91. The third kappa shape index (κ3) is 3.81. The first-order valence-electron chi connectivity index (χ1n) is 6.35. The molecule has 0 aliphatic carbocycles. The van der Waals surface area contributed by atoms with E-state index in [0.717, 1.165) is 0 Å². The minimum absolute atomic E-state index is 0.0490. The van der Waals surface area contributed by atoms with Gasteiger partial charge in [-0.15, -0.1) is 0 Å². The second-order valence-corrected chi connectivity index (χ2v) is 4.50. The summed E-state index contributed by atoms with van der Waals surface area (Å²) in [6.45, 7) is 0.622. The van der Waals surface area contributed by atoms with E-state index < -0.39 is 6.61 Å². The van der Waals surface area contributed by atoms with Crippen LogP contribution in [0.4, 0.5) is 8.78 Å². The summed E-state index contributed by atoms with van der Waals surface area (Å²) in [6.07, 6.45) is 0. The molecule has 1 aromatic heterocycles. The maximum atomic E-state index is 12.3. The van der Waals surface area contributed by atoms with E-state index in [1.165, 1.54) is 6.07 Å². The molecule has 0 saturated carbocycles. The largest absolute Gasteiger partial charge is 0.466 e. The van der Waals surface area contributed by atoms with Crippen LogP contribution in [0.15, 0.2) is 34.7 Å². The number of alkyl halides is 2. The monoisotopic (exact) mass is 295 g/mol. The van der Waals surface area contributed by atoms with Crippen LogP contribution in [-0.2, 0) is 6.54 Å². The molecule has 1 aromatic carbocycles. The van der Waals surface area contributed by atoms with Crippen LogP contribution in [0, 0.1) is 13.8 Å². The highest BCUT2D eigenvalue weighted by Crippen LogP contribution is 2.20. The van der Waals surface area contributed by atoms with E-state index in [0.29, 0.717) is 22.6 Å². The Kier molecular flexibility index (Phi) is 4.57. The van der Waals surface area contributed by atoms with Gasteiger partial charge in [0.1, 0.15) is 17.3 Å². The molecular weight excluding hydrogens is 280 g/mol. The topological polar surface area (TPSA) is 51.5 Å². The van der Waals surface area contributed by atoms with Crippen LogP contribution in [0.25, 0.3) is 0 Å². The maximum Gasteiger partial charge on any atom is 0.387 e. The lowest BCUT2D eigenvalue weighted by Crippen LogP contribution is -2.23. The number of hydrogen-bond donors (Lipinski definition) is 1. The van der Waals surface area contributed by atoms with Crippen molar-refractivity contribution in [3.05, 3.63) is 53.0 Å². The summed E-state index contributed by atoms with van der Waals surface area (Å²) in [5.74, 6) is 0.880. The van der Waals surface area contributed by atoms with E-state index in [9.17, 15) is 13.6 Å². The normalized spacial score (nSPS) is 10.7. The molecule has 0 atom stereocenters. The zero-order valence-corrected chi connectivity index (χ0v) is 11.7. The van der Waals surface area contributed by atoms with Crippen LogP contribution < -0.4 is 10.1 Å². The van der Waals surface area contributed by atoms with Crippen molar-refractivity contribution in [3.8, 4) is 5.75 Å². The van der Waals surface area contributed by atoms with Crippen molar-refractivity contribution in [1.82, 2.24) is 5.32 Å². The van der Waals surface area contributed by atoms with Crippen LogP contribution in [0.5, 0.6) is 5.75 Å². The number of ether oxygens (including phenoxy) is 1. The predicted octanol–water partition coefficient (Wildman–Crippen LogP) is 3.43. The number of hydrogen-bond acceptors (Lipinski definition) is 3. The van der Waals surface area contributed by atoms with E-state index >= 15 is 0 Å². The molecule has 1 N–H and O–H groups in total. The van der Waals surface area contributed by atoms with Crippen molar-refractivity contribution in [3.63, 3.8) is 0 Å². The van der Waals surface area contributed by atoms with Gasteiger partial charge in [0.2, 0.25) is 0 Å². The number of para-hydroxylation sites is 1. The Balaban J connectivity index is 2.06. The first-order chi connectivity index (χ1) is 9.97. The predicted molar refractivity (Wildman–Crippen MR) is 72.4 cm³/mol. The van der Waals surface area contributed by atoms with Crippen LogP contribution in [-0.4, -0.2) is 12.5 Å². The van der Waals surface area contributed by atoms with Crippen molar-refractivity contribution in [2.75, 3.05) is 0 Å². The van der Waals surface area contributed by atoms with E-state index in [2.05, 4.69) is 10.1 Å². The first kappa shape index (κ1) is 15.0. The molecule has 0 aliphatic rings. The molecule has 4 nitrogen and oxygen atoms in total. The summed E-state index contributed by atoms with van der Waals surface area (Å²) in [5.41, 5.74) is 0.906. The fourth-order valence-electron chi connectivity index (χ4n) is 1.99. The first-order valence-corrected chi connectivity index (χ1v) is 6.35. The van der Waals surface area contributed by atoms with Gasteiger partial charge in [-0.3, -0.25) is 4.79 Å². The number of amides is 1. The molecular formula is C15H15F2NO3. The number of halogens is 2. The number of nitrogens with one attached hydrogen (secondary N) is 1. The summed E-state index contributed by atoms with van der Waals surface area (Å²) in [5, 5.41) is 2.66. The molecule has 1 heterocycles. The summed E-state index contributed by atoms with van der Waals surface area (Å²) in [7, 11) is 0. The number of aryl methyl sites for hydroxylation is 2. The Morgan fingerprint density at radius 1 is 1.33 bits per heavy atom. The van der Waals surface area contributed by atoms with Crippen LogP contribution in [0.3, 0.4) is 0 Å². The van der Waals surface area contributed by atoms with Crippen LogP contribution >= 0.6 is 0 Å². The van der Waals surface area contributed by atoms with Gasteiger partial charge < -0.3 is 14.5 Å². The van der Waals surface area contributed by atoms with Gasteiger partial charge in [0, 0.05) is 12.1 Å². The average molecular weight is 295 g/mol. The lowest BCUT2D eigenvalue weighted by Gasteiger charge is -2.11. The van der Waals surface area contributed by atoms with Gasteiger partial charge >= 0.3 is 6.61 Å². The molecule has 21 heavy (non-hydrogen) atoms. The minimum atomic E-state index is -2.90. The number of carbonyl (C=O) groups is 1. The number of carbonyl (C=O) groups excluding carboxylic acids is 1. The van der Waals surface area contributed by atoms with Crippen molar-refractivity contribution in [2.45, 2.75) is 27.0 Å². The second kappa shape index (κ2) is 6.39. The smallest absolute Gasteiger partial charge is 0.387 e. The molecule has 1 amide bonds. The number of benzene rings is 1. The molecule has 0 fully saturated rings. The number of rotatable bonds is 5. The lowest BCUT2D eigenvalue weighted by molar-refractivity contribution is -0.0504. The highest BCUT2D eigenvalue weighted by molar-refractivity contribution is 5.95. The van der Waals surface area contributed by atoms with E-state index in [1.807, 2.05) is 0 Å². The average Bonchev–Trinajstić information content (AvgIpc) is 2.76. The lowest BCUT2D eigenvalue weighted by atomic mass is 10.2. The van der Waals surface area contributed by atoms with E-state index in [1.54, 1.807) is 38.1 Å². The molecule has 112 valence electrons. The molecule has 0 radical (unpaired) electrons. The van der Waals surface area contributed by atoms with Gasteiger partial charge in [0.05, 0.1) is 5.56 Å². The Bertz CT molecular complexity index is 638. The minimum Gasteiger partial charge on any atom is -0.466 e. The second-order valence-electron chi connectivity index (χ2n) is 4.50. The highest BCUT2D eigenvalue weighted by Gasteiger charge is 2.14. The Morgan fingerprint density at radius 3 is 2.67 bits per heavy atom. The van der Waals surface area contributed by atoms with Crippen molar-refractivity contribution >= 4 is 5.91 Å². The molecule has 0 spiro atoms. The standard InChI is InChI=1S/C15H15F2NO3/c1-9-7-12(10(2)20-9)14(19)18-8-11-5-3-4-6-13(11)21-15(16)17/h3-7,15H,8H2,1-2H3,(H,18,19). The maximum absolute atomic E-state index is 12.3. The highest BCUT2D eigenvalue weighted by atomic mass is 19.3. The zero-order chi connectivity index (χ0) is 15.4. The molecule has 0 aliphatic heterocycles. The van der Waals surface area contributed by atoms with Gasteiger partial charge in [-0.1, -0.05) is 18.2 Å². The van der Waals surface area contributed by atoms with Crippen LogP contribution in [0.1, 0.15) is 27.4 Å². The van der Waals surface area contributed by atoms with Crippen LogP contribution in [0.2, 0.25) is 0 Å². The SMILES string of the molecule is Cc1cc(C(=O)NCc2ccccc2OC(F)F)c(C)o1. The van der Waals surface area contributed by atoms with Gasteiger partial charge in [0.25, 0.3) is 5.91 Å². The van der Waals surface area contributed by atoms with E-state index in [4.69, 9.17) is 4.42 Å². The quantitative estimate of drug-likeness (QED) is 0.919. The Hall–Kier alpha value is -2.37. The fraction of sp³-hybridized carbons (Fsp3) is 0.267. The van der Waals surface area contributed by atoms with Gasteiger partial charge in [-0.2, -0.15) is 8.78 Å².